The number of benzene rings is 2. The standard InChI is InChI=1S/C27H29N3O7/c1-34-19-8-6-17(7-9-19)24(31)22-23(18-14-20(35-2)26(37-4)21(15-18)36-3)30(27(33)25(22)32)12-5-11-29-13-10-28-16-29/h6-10,13-16,23,31H,5,11-12H2,1-4H3/b24-22+. The minimum Gasteiger partial charge on any atom is -0.507 e. The molecule has 37 heavy (non-hydrogen) atoms. The molecule has 3 aromatic rings. The predicted octanol–water partition coefficient (Wildman–Crippen LogP) is 3.43. The molecule has 2 heterocycles. The third-order valence-electron chi connectivity index (χ3n) is 6.28. The maximum atomic E-state index is 13.3. The Morgan fingerprint density at radius 1 is 0.946 bits per heavy atom. The SMILES string of the molecule is COc1ccc(/C(O)=C2\C(=O)C(=O)N(CCCn3ccnc3)C2c2cc(OC)c(OC)c(OC)c2)cc1. The number of ketones is 1. The first kappa shape index (κ1) is 25.6. The fourth-order valence-electron chi connectivity index (χ4n) is 4.46. The Hall–Kier alpha value is -4.47. The second kappa shape index (κ2) is 11.1. The molecule has 1 atom stereocenters. The summed E-state index contributed by atoms with van der Waals surface area (Å²) in [7, 11) is 6.00. The average Bonchev–Trinajstić information content (AvgIpc) is 3.54. The second-order valence-corrected chi connectivity index (χ2v) is 8.33. The van der Waals surface area contributed by atoms with Gasteiger partial charge in [-0.3, -0.25) is 9.59 Å². The first-order valence-electron chi connectivity index (χ1n) is 11.6. The predicted molar refractivity (Wildman–Crippen MR) is 135 cm³/mol. The molecule has 0 radical (unpaired) electrons. The number of carbonyl (C=O) groups is 2. The normalized spacial score (nSPS) is 16.6. The lowest BCUT2D eigenvalue weighted by molar-refractivity contribution is -0.139. The number of nitrogens with zero attached hydrogens (tertiary/aromatic N) is 3. The van der Waals surface area contributed by atoms with Gasteiger partial charge in [0.1, 0.15) is 11.5 Å². The van der Waals surface area contributed by atoms with E-state index < -0.39 is 17.7 Å². The Labute approximate surface area is 214 Å². The van der Waals surface area contributed by atoms with Gasteiger partial charge in [0, 0.05) is 31.0 Å². The highest BCUT2D eigenvalue weighted by Gasteiger charge is 2.46. The Balaban J connectivity index is 1.82. The van der Waals surface area contributed by atoms with Crippen molar-refractivity contribution in [3.63, 3.8) is 0 Å². The van der Waals surface area contributed by atoms with E-state index in [2.05, 4.69) is 4.98 Å². The summed E-state index contributed by atoms with van der Waals surface area (Å²) in [6.07, 6.45) is 5.76. The lowest BCUT2D eigenvalue weighted by Crippen LogP contribution is -2.31. The second-order valence-electron chi connectivity index (χ2n) is 8.33. The number of amides is 1. The molecule has 0 saturated carbocycles. The van der Waals surface area contributed by atoms with E-state index in [4.69, 9.17) is 18.9 Å². The van der Waals surface area contributed by atoms with Gasteiger partial charge in [-0.15, -0.1) is 0 Å². The largest absolute Gasteiger partial charge is 0.507 e. The fraction of sp³-hybridized carbons (Fsp3) is 0.296. The number of aromatic nitrogens is 2. The number of imidazole rings is 1. The molecule has 1 aromatic heterocycles. The summed E-state index contributed by atoms with van der Waals surface area (Å²) in [5.74, 6) is -0.0414. The van der Waals surface area contributed by atoms with Crippen molar-refractivity contribution in [1.82, 2.24) is 14.5 Å². The maximum absolute atomic E-state index is 13.3. The van der Waals surface area contributed by atoms with Gasteiger partial charge in [-0.25, -0.2) is 4.98 Å². The molecule has 0 spiro atoms. The van der Waals surface area contributed by atoms with Crippen LogP contribution >= 0.6 is 0 Å². The number of aliphatic hydroxyl groups excluding tert-OH is 1. The minimum atomic E-state index is -0.876. The molecule has 10 nitrogen and oxygen atoms in total. The Bertz CT molecular complexity index is 1280. The summed E-state index contributed by atoms with van der Waals surface area (Å²) in [5, 5.41) is 11.3. The quantitative estimate of drug-likeness (QED) is 0.252. The number of hydrogen-bond donors (Lipinski definition) is 1. The molecule has 1 aliphatic heterocycles. The zero-order valence-electron chi connectivity index (χ0n) is 21.1. The van der Waals surface area contributed by atoms with Crippen LogP contribution < -0.4 is 18.9 Å². The van der Waals surface area contributed by atoms with Gasteiger partial charge in [0.25, 0.3) is 11.7 Å². The van der Waals surface area contributed by atoms with Crippen molar-refractivity contribution in [2.24, 2.45) is 0 Å². The lowest BCUT2D eigenvalue weighted by Gasteiger charge is -2.26. The van der Waals surface area contributed by atoms with Crippen LogP contribution in [0.4, 0.5) is 0 Å². The Morgan fingerprint density at radius 3 is 2.16 bits per heavy atom. The van der Waals surface area contributed by atoms with Crippen LogP contribution in [0.2, 0.25) is 0 Å². The van der Waals surface area contributed by atoms with Crippen LogP contribution in [0.1, 0.15) is 23.6 Å². The zero-order valence-corrected chi connectivity index (χ0v) is 21.1. The van der Waals surface area contributed by atoms with E-state index in [1.165, 1.54) is 33.3 Å². The first-order chi connectivity index (χ1) is 17.9. The summed E-state index contributed by atoms with van der Waals surface area (Å²) in [6.45, 7) is 0.868. The number of methoxy groups -OCH3 is 4. The lowest BCUT2D eigenvalue weighted by atomic mass is 9.94. The number of likely N-dealkylation sites (tertiary alicyclic amines) is 1. The number of Topliss-reactive ketones (excluding diaryl/α,β-unsaturated/α-hetero) is 1. The summed E-state index contributed by atoms with van der Waals surface area (Å²) >= 11 is 0. The first-order valence-corrected chi connectivity index (χ1v) is 11.6. The number of aryl methyl sites for hydroxylation is 1. The van der Waals surface area contributed by atoms with Crippen molar-refractivity contribution in [3.05, 3.63) is 71.8 Å². The van der Waals surface area contributed by atoms with Crippen molar-refractivity contribution >= 4 is 17.4 Å². The van der Waals surface area contributed by atoms with Gasteiger partial charge in [0.15, 0.2) is 11.5 Å². The van der Waals surface area contributed by atoms with Crippen LogP contribution in [0.25, 0.3) is 5.76 Å². The van der Waals surface area contributed by atoms with E-state index >= 15 is 0 Å². The number of ether oxygens (including phenoxy) is 4. The van der Waals surface area contributed by atoms with Gasteiger partial charge in [-0.1, -0.05) is 0 Å². The Kier molecular flexibility index (Phi) is 7.66. The van der Waals surface area contributed by atoms with Crippen molar-refractivity contribution in [2.75, 3.05) is 35.0 Å². The number of rotatable bonds is 10. The van der Waals surface area contributed by atoms with E-state index in [1.807, 2.05) is 10.8 Å². The van der Waals surface area contributed by atoms with Crippen LogP contribution in [0, 0.1) is 0 Å². The van der Waals surface area contributed by atoms with Crippen molar-refractivity contribution in [2.45, 2.75) is 19.0 Å². The molecule has 1 amide bonds. The number of aliphatic hydroxyl groups is 1. The molecule has 1 aliphatic rings. The number of carbonyl (C=O) groups excluding carboxylic acids is 2. The van der Waals surface area contributed by atoms with Gasteiger partial charge < -0.3 is 33.5 Å². The summed E-state index contributed by atoms with van der Waals surface area (Å²) in [4.78, 5) is 32.1. The monoisotopic (exact) mass is 507 g/mol. The van der Waals surface area contributed by atoms with Crippen LogP contribution in [0.15, 0.2) is 60.7 Å². The molecule has 4 rings (SSSR count). The van der Waals surface area contributed by atoms with Gasteiger partial charge in [0.2, 0.25) is 5.75 Å². The van der Waals surface area contributed by atoms with Gasteiger partial charge >= 0.3 is 0 Å². The summed E-state index contributed by atoms with van der Waals surface area (Å²) in [5.41, 5.74) is 0.896. The third kappa shape index (κ3) is 4.95. The molecule has 1 fully saturated rings. The van der Waals surface area contributed by atoms with Gasteiger partial charge in [-0.05, 0) is 48.4 Å². The number of hydrogen-bond acceptors (Lipinski definition) is 8. The molecule has 1 saturated heterocycles. The van der Waals surface area contributed by atoms with Gasteiger partial charge in [0.05, 0.1) is 46.4 Å². The highest BCUT2D eigenvalue weighted by molar-refractivity contribution is 6.46. The topological polar surface area (TPSA) is 112 Å². The molecular weight excluding hydrogens is 478 g/mol. The maximum Gasteiger partial charge on any atom is 0.295 e. The third-order valence-corrected chi connectivity index (χ3v) is 6.28. The van der Waals surface area contributed by atoms with Crippen LogP contribution in [0.5, 0.6) is 23.0 Å². The molecule has 2 aromatic carbocycles. The molecular formula is C27H29N3O7. The van der Waals surface area contributed by atoms with Crippen molar-refractivity contribution in [1.29, 1.82) is 0 Å². The van der Waals surface area contributed by atoms with Crippen LogP contribution in [-0.2, 0) is 16.1 Å². The Morgan fingerprint density at radius 2 is 1.62 bits per heavy atom. The molecule has 194 valence electrons. The van der Waals surface area contributed by atoms with Gasteiger partial charge in [-0.2, -0.15) is 0 Å². The molecule has 0 bridgehead atoms. The zero-order chi connectivity index (χ0) is 26.5. The average molecular weight is 508 g/mol. The fourth-order valence-corrected chi connectivity index (χ4v) is 4.46. The molecule has 1 unspecified atom stereocenters. The summed E-state index contributed by atoms with van der Waals surface area (Å²) in [6, 6.07) is 9.10. The van der Waals surface area contributed by atoms with E-state index in [0.717, 1.165) is 0 Å². The smallest absolute Gasteiger partial charge is 0.295 e. The van der Waals surface area contributed by atoms with E-state index in [9.17, 15) is 14.7 Å². The van der Waals surface area contributed by atoms with Crippen molar-refractivity contribution in [3.8, 4) is 23.0 Å². The molecule has 10 heteroatoms. The molecule has 1 N–H and O–H groups in total. The van der Waals surface area contributed by atoms with Crippen LogP contribution in [0.3, 0.4) is 0 Å². The minimum absolute atomic E-state index is 0.0212. The highest BCUT2D eigenvalue weighted by Crippen LogP contribution is 2.45. The van der Waals surface area contributed by atoms with E-state index in [-0.39, 0.29) is 17.9 Å². The van der Waals surface area contributed by atoms with Crippen molar-refractivity contribution < 1.29 is 33.6 Å². The van der Waals surface area contributed by atoms with E-state index in [0.29, 0.717) is 47.1 Å². The molecule has 0 aliphatic carbocycles. The highest BCUT2D eigenvalue weighted by atomic mass is 16.5. The van der Waals surface area contributed by atoms with E-state index in [1.54, 1.807) is 48.9 Å². The summed E-state index contributed by atoms with van der Waals surface area (Å²) < 4.78 is 23.5. The van der Waals surface area contributed by atoms with Crippen LogP contribution in [-0.4, -0.2) is 66.2 Å².